The zero-order chi connectivity index (χ0) is 14.4. The number of ether oxygens (including phenoxy) is 1. The van der Waals surface area contributed by atoms with Crippen molar-refractivity contribution in [1.82, 2.24) is 9.78 Å². The molecular formula is C15H17FN2O2. The second kappa shape index (κ2) is 6.84. The molecule has 20 heavy (non-hydrogen) atoms. The molecule has 0 fully saturated rings. The van der Waals surface area contributed by atoms with Gasteiger partial charge in [-0.05, 0) is 43.7 Å². The third kappa shape index (κ3) is 3.91. The lowest BCUT2D eigenvalue weighted by Crippen LogP contribution is -2.06. The fourth-order valence-corrected chi connectivity index (χ4v) is 1.88. The fraction of sp³-hybridized carbons (Fsp3) is 0.333. The normalized spacial score (nSPS) is 10.5. The SMILES string of the molecule is CCOC(=O)CCCn1ccc(-c2ccc(F)cc2)n1. The molecule has 0 amide bonds. The van der Waals surface area contributed by atoms with Gasteiger partial charge in [0.25, 0.3) is 0 Å². The minimum Gasteiger partial charge on any atom is -0.466 e. The Balaban J connectivity index is 1.89. The summed E-state index contributed by atoms with van der Waals surface area (Å²) in [6, 6.07) is 8.09. The van der Waals surface area contributed by atoms with Gasteiger partial charge < -0.3 is 4.74 Å². The van der Waals surface area contributed by atoms with Crippen LogP contribution in [0, 0.1) is 5.82 Å². The summed E-state index contributed by atoms with van der Waals surface area (Å²) in [6.07, 6.45) is 2.92. The Morgan fingerprint density at radius 3 is 2.75 bits per heavy atom. The van der Waals surface area contributed by atoms with E-state index in [0.717, 1.165) is 11.3 Å². The summed E-state index contributed by atoms with van der Waals surface area (Å²) >= 11 is 0. The second-order valence-corrected chi connectivity index (χ2v) is 4.38. The smallest absolute Gasteiger partial charge is 0.305 e. The standard InChI is InChI=1S/C15H17FN2O2/c1-2-20-15(19)4-3-10-18-11-9-14(17-18)12-5-7-13(16)8-6-12/h5-9,11H,2-4,10H2,1H3. The van der Waals surface area contributed by atoms with Gasteiger partial charge in [-0.1, -0.05) is 0 Å². The van der Waals surface area contributed by atoms with Gasteiger partial charge in [0.2, 0.25) is 0 Å². The highest BCUT2D eigenvalue weighted by Gasteiger charge is 2.04. The Kier molecular flexibility index (Phi) is 4.87. The van der Waals surface area contributed by atoms with Crippen LogP contribution in [0.2, 0.25) is 0 Å². The Bertz CT molecular complexity index is 564. The fourth-order valence-electron chi connectivity index (χ4n) is 1.88. The number of aromatic nitrogens is 2. The summed E-state index contributed by atoms with van der Waals surface area (Å²) in [5.74, 6) is -0.443. The van der Waals surface area contributed by atoms with Crippen LogP contribution in [-0.4, -0.2) is 22.4 Å². The van der Waals surface area contributed by atoms with Crippen molar-refractivity contribution in [3.05, 3.63) is 42.3 Å². The monoisotopic (exact) mass is 276 g/mol. The molecule has 0 aliphatic rings. The molecule has 2 rings (SSSR count). The van der Waals surface area contributed by atoms with E-state index in [-0.39, 0.29) is 11.8 Å². The summed E-state index contributed by atoms with van der Waals surface area (Å²) in [5, 5.41) is 4.40. The molecule has 0 saturated carbocycles. The van der Waals surface area contributed by atoms with Crippen LogP contribution in [0.1, 0.15) is 19.8 Å². The van der Waals surface area contributed by atoms with Crippen molar-refractivity contribution in [2.45, 2.75) is 26.3 Å². The molecule has 0 saturated heterocycles. The summed E-state index contributed by atoms with van der Waals surface area (Å²) in [6.45, 7) is 2.86. The summed E-state index contributed by atoms with van der Waals surface area (Å²) in [5.41, 5.74) is 1.66. The molecule has 0 aliphatic carbocycles. The maximum Gasteiger partial charge on any atom is 0.305 e. The van der Waals surface area contributed by atoms with Gasteiger partial charge in [0, 0.05) is 24.7 Å². The van der Waals surface area contributed by atoms with Gasteiger partial charge in [-0.25, -0.2) is 4.39 Å². The van der Waals surface area contributed by atoms with Crippen LogP contribution in [0.25, 0.3) is 11.3 Å². The molecule has 4 nitrogen and oxygen atoms in total. The lowest BCUT2D eigenvalue weighted by molar-refractivity contribution is -0.143. The molecule has 2 aromatic rings. The van der Waals surface area contributed by atoms with E-state index in [1.54, 1.807) is 23.7 Å². The Morgan fingerprint density at radius 1 is 1.30 bits per heavy atom. The Labute approximate surface area is 117 Å². The van der Waals surface area contributed by atoms with E-state index >= 15 is 0 Å². The van der Waals surface area contributed by atoms with E-state index in [9.17, 15) is 9.18 Å². The first-order valence-electron chi connectivity index (χ1n) is 6.64. The molecule has 0 N–H and O–H groups in total. The number of rotatable bonds is 6. The summed E-state index contributed by atoms with van der Waals surface area (Å²) < 4.78 is 19.5. The van der Waals surface area contributed by atoms with Gasteiger partial charge in [0.1, 0.15) is 5.82 Å². The van der Waals surface area contributed by atoms with Gasteiger partial charge in [-0.2, -0.15) is 5.10 Å². The van der Waals surface area contributed by atoms with Crippen molar-refractivity contribution >= 4 is 5.97 Å². The van der Waals surface area contributed by atoms with Gasteiger partial charge in [-0.3, -0.25) is 9.48 Å². The maximum atomic E-state index is 12.8. The lowest BCUT2D eigenvalue weighted by atomic mass is 10.1. The number of esters is 1. The summed E-state index contributed by atoms with van der Waals surface area (Å²) in [7, 11) is 0. The van der Waals surface area contributed by atoms with E-state index in [1.807, 2.05) is 12.3 Å². The minimum atomic E-state index is -0.261. The average Bonchev–Trinajstić information content (AvgIpc) is 2.89. The van der Waals surface area contributed by atoms with Crippen LogP contribution in [0.4, 0.5) is 4.39 Å². The van der Waals surface area contributed by atoms with Crippen LogP contribution in [0.5, 0.6) is 0 Å². The summed E-state index contributed by atoms with van der Waals surface area (Å²) in [4.78, 5) is 11.2. The van der Waals surface area contributed by atoms with Gasteiger partial charge in [-0.15, -0.1) is 0 Å². The largest absolute Gasteiger partial charge is 0.466 e. The number of halogens is 1. The number of aryl methyl sites for hydroxylation is 1. The van der Waals surface area contributed by atoms with E-state index in [4.69, 9.17) is 4.74 Å². The number of carbonyl (C=O) groups excluding carboxylic acids is 1. The molecular weight excluding hydrogens is 259 g/mol. The molecule has 0 aliphatic heterocycles. The Morgan fingerprint density at radius 2 is 2.05 bits per heavy atom. The predicted molar refractivity (Wildman–Crippen MR) is 73.5 cm³/mol. The first-order valence-corrected chi connectivity index (χ1v) is 6.64. The first kappa shape index (κ1) is 14.2. The van der Waals surface area contributed by atoms with E-state index in [0.29, 0.717) is 26.0 Å². The second-order valence-electron chi connectivity index (χ2n) is 4.38. The van der Waals surface area contributed by atoms with Gasteiger partial charge >= 0.3 is 5.97 Å². The van der Waals surface area contributed by atoms with Crippen LogP contribution in [-0.2, 0) is 16.1 Å². The zero-order valence-electron chi connectivity index (χ0n) is 11.4. The topological polar surface area (TPSA) is 44.1 Å². The molecule has 1 aromatic heterocycles. The zero-order valence-corrected chi connectivity index (χ0v) is 11.4. The number of carbonyl (C=O) groups is 1. The van der Waals surface area contributed by atoms with Gasteiger partial charge in [0.15, 0.2) is 0 Å². The van der Waals surface area contributed by atoms with Crippen molar-refractivity contribution in [2.75, 3.05) is 6.61 Å². The van der Waals surface area contributed by atoms with Crippen LogP contribution < -0.4 is 0 Å². The predicted octanol–water partition coefficient (Wildman–Crippen LogP) is 3.03. The van der Waals surface area contributed by atoms with E-state index in [1.165, 1.54) is 12.1 Å². The van der Waals surface area contributed by atoms with Crippen LogP contribution in [0.3, 0.4) is 0 Å². The van der Waals surface area contributed by atoms with Crippen molar-refractivity contribution in [2.24, 2.45) is 0 Å². The van der Waals surface area contributed by atoms with Crippen molar-refractivity contribution in [3.8, 4) is 11.3 Å². The third-order valence-corrected chi connectivity index (χ3v) is 2.85. The highest BCUT2D eigenvalue weighted by Crippen LogP contribution is 2.17. The van der Waals surface area contributed by atoms with E-state index in [2.05, 4.69) is 5.10 Å². The minimum absolute atomic E-state index is 0.182. The van der Waals surface area contributed by atoms with E-state index < -0.39 is 0 Å². The van der Waals surface area contributed by atoms with Crippen molar-refractivity contribution in [1.29, 1.82) is 0 Å². The number of nitrogens with zero attached hydrogens (tertiary/aromatic N) is 2. The number of benzene rings is 1. The lowest BCUT2D eigenvalue weighted by Gasteiger charge is -2.02. The molecule has 1 aromatic carbocycles. The molecule has 1 heterocycles. The van der Waals surface area contributed by atoms with Crippen molar-refractivity contribution in [3.63, 3.8) is 0 Å². The molecule has 0 spiro atoms. The molecule has 0 atom stereocenters. The van der Waals surface area contributed by atoms with Crippen LogP contribution in [0.15, 0.2) is 36.5 Å². The number of hydrogen-bond donors (Lipinski definition) is 0. The van der Waals surface area contributed by atoms with Crippen LogP contribution >= 0.6 is 0 Å². The Hall–Kier alpha value is -2.17. The molecule has 0 radical (unpaired) electrons. The third-order valence-electron chi connectivity index (χ3n) is 2.85. The molecule has 0 unspecified atom stereocenters. The molecule has 0 bridgehead atoms. The van der Waals surface area contributed by atoms with Crippen molar-refractivity contribution < 1.29 is 13.9 Å². The highest BCUT2D eigenvalue weighted by molar-refractivity contribution is 5.69. The highest BCUT2D eigenvalue weighted by atomic mass is 19.1. The number of hydrogen-bond acceptors (Lipinski definition) is 3. The molecule has 106 valence electrons. The first-order chi connectivity index (χ1) is 9.69. The quantitative estimate of drug-likeness (QED) is 0.762. The maximum absolute atomic E-state index is 12.8. The molecule has 5 heteroatoms. The average molecular weight is 276 g/mol. The van der Waals surface area contributed by atoms with Gasteiger partial charge in [0.05, 0.1) is 12.3 Å².